The highest BCUT2D eigenvalue weighted by atomic mass is 32.2. The third kappa shape index (κ3) is 4.00. The van der Waals surface area contributed by atoms with Crippen molar-refractivity contribution in [2.75, 3.05) is 19.3 Å². The van der Waals surface area contributed by atoms with Crippen LogP contribution in [0.15, 0.2) is 102 Å². The van der Waals surface area contributed by atoms with Crippen LogP contribution in [0.3, 0.4) is 0 Å². The van der Waals surface area contributed by atoms with Gasteiger partial charge in [-0.25, -0.2) is 17.5 Å². The minimum absolute atomic E-state index is 0.0602. The number of amides is 1. The molecule has 4 aromatic carbocycles. The maximum Gasteiger partial charge on any atom is 0.255 e. The van der Waals surface area contributed by atoms with E-state index >= 15 is 0 Å². The van der Waals surface area contributed by atoms with E-state index in [4.69, 9.17) is 0 Å². The molecule has 1 aliphatic heterocycles. The summed E-state index contributed by atoms with van der Waals surface area (Å²) in [6.07, 6.45) is 2.96. The molecule has 6 nitrogen and oxygen atoms in total. The fourth-order valence-electron chi connectivity index (χ4n) is 7.02. The number of benzene rings is 4. The first-order valence-electron chi connectivity index (χ1n) is 13.6. The van der Waals surface area contributed by atoms with Crippen molar-refractivity contribution in [3.63, 3.8) is 0 Å². The molecule has 2 fully saturated rings. The number of likely N-dealkylation sites (tertiary alicyclic amines) is 1. The minimum atomic E-state index is -3.56. The van der Waals surface area contributed by atoms with E-state index in [1.165, 1.54) is 29.3 Å². The highest BCUT2D eigenvalue weighted by Gasteiger charge is 2.71. The second kappa shape index (κ2) is 9.11. The molecule has 1 aromatic heterocycles. The van der Waals surface area contributed by atoms with Gasteiger partial charge < -0.3 is 4.90 Å². The summed E-state index contributed by atoms with van der Waals surface area (Å²) in [7, 11) is -3.56. The zero-order valence-corrected chi connectivity index (χ0v) is 23.5. The number of carbonyl (C=O) groups excluding carboxylic acids is 1. The van der Waals surface area contributed by atoms with Gasteiger partial charge in [-0.05, 0) is 78.1 Å². The highest BCUT2D eigenvalue weighted by Crippen LogP contribution is 2.70. The average Bonchev–Trinajstić information content (AvgIpc) is 3.22. The van der Waals surface area contributed by atoms with Crippen molar-refractivity contribution in [2.45, 2.75) is 23.2 Å². The van der Waals surface area contributed by atoms with Gasteiger partial charge in [0.15, 0.2) is 9.84 Å². The number of piperidine rings is 1. The zero-order chi connectivity index (χ0) is 28.5. The molecule has 3 atom stereocenters. The summed E-state index contributed by atoms with van der Waals surface area (Å²) in [5, 5.41) is 5.57. The molecule has 2 heterocycles. The number of carbonyl (C=O) groups is 1. The number of rotatable bonds is 5. The van der Waals surface area contributed by atoms with Crippen molar-refractivity contribution in [2.24, 2.45) is 5.92 Å². The summed E-state index contributed by atoms with van der Waals surface area (Å²) in [6, 6.07) is 27.4. The van der Waals surface area contributed by atoms with Gasteiger partial charge in [-0.15, -0.1) is 0 Å². The molecule has 0 N–H and O–H groups in total. The van der Waals surface area contributed by atoms with Gasteiger partial charge in [0.05, 0.1) is 27.9 Å². The molecule has 0 radical (unpaired) electrons. The summed E-state index contributed by atoms with van der Waals surface area (Å²) in [5.74, 6) is -0.120. The monoisotopic (exact) mass is 565 g/mol. The molecule has 8 heteroatoms. The average molecular weight is 566 g/mol. The van der Waals surface area contributed by atoms with Crippen LogP contribution in [0.4, 0.5) is 4.39 Å². The number of halogens is 1. The molecule has 1 saturated heterocycles. The maximum absolute atomic E-state index is 13.8. The van der Waals surface area contributed by atoms with E-state index < -0.39 is 9.84 Å². The van der Waals surface area contributed by atoms with Crippen LogP contribution in [0.1, 0.15) is 33.0 Å². The summed E-state index contributed by atoms with van der Waals surface area (Å²) >= 11 is 0. The first-order chi connectivity index (χ1) is 19.7. The molecule has 2 aliphatic rings. The second-order valence-electron chi connectivity index (χ2n) is 11.2. The largest absolute Gasteiger partial charge is 0.337 e. The van der Waals surface area contributed by atoms with Crippen LogP contribution < -0.4 is 0 Å². The lowest BCUT2D eigenvalue weighted by molar-refractivity contribution is 0.0765. The van der Waals surface area contributed by atoms with E-state index in [-0.39, 0.29) is 39.4 Å². The molecule has 1 aliphatic carbocycles. The van der Waals surface area contributed by atoms with Gasteiger partial charge in [0, 0.05) is 36.1 Å². The Hall–Kier alpha value is -4.30. The maximum atomic E-state index is 13.8. The smallest absolute Gasteiger partial charge is 0.255 e. The summed E-state index contributed by atoms with van der Waals surface area (Å²) in [6.45, 7) is 3.13. The van der Waals surface area contributed by atoms with Gasteiger partial charge in [-0.1, -0.05) is 42.5 Å². The molecule has 0 bridgehead atoms. The molecular formula is C33H28FN3O3S. The molecular weight excluding hydrogens is 537 g/mol. The normalized spacial score (nSPS) is 21.7. The molecule has 206 valence electrons. The standard InChI is InChI=1S/C33H28FN3O3S/c1-21-16-29-23(18-35-37(29)25-14-12-24(34)13-15-25)17-27(21)33-20-36(19-28(33)31(33)22-8-4-3-5-9-22)32(38)26-10-6-7-11-30(26)41(2,39)40/h3-18,28,31H,19-20H2,1-2H3/t28-,31-,33+/m1/s1. The topological polar surface area (TPSA) is 72.3 Å². The molecule has 0 unspecified atom stereocenters. The van der Waals surface area contributed by atoms with Gasteiger partial charge >= 0.3 is 0 Å². The quantitative estimate of drug-likeness (QED) is 0.275. The van der Waals surface area contributed by atoms with Crippen LogP contribution in [0.5, 0.6) is 0 Å². The summed E-state index contributed by atoms with van der Waals surface area (Å²) in [4.78, 5) is 15.7. The first-order valence-corrected chi connectivity index (χ1v) is 15.5. The van der Waals surface area contributed by atoms with Crippen molar-refractivity contribution in [1.82, 2.24) is 14.7 Å². The van der Waals surface area contributed by atoms with Crippen LogP contribution in [0, 0.1) is 18.7 Å². The van der Waals surface area contributed by atoms with Crippen LogP contribution in [0.2, 0.25) is 0 Å². The molecule has 1 saturated carbocycles. The fraction of sp³-hybridized carbons (Fsp3) is 0.212. The van der Waals surface area contributed by atoms with Gasteiger partial charge in [0.25, 0.3) is 5.91 Å². The first kappa shape index (κ1) is 25.7. The van der Waals surface area contributed by atoms with Gasteiger partial charge in [0.2, 0.25) is 0 Å². The summed E-state index contributed by atoms with van der Waals surface area (Å²) < 4.78 is 40.3. The Morgan fingerprint density at radius 2 is 1.68 bits per heavy atom. The fourth-order valence-corrected chi connectivity index (χ4v) is 7.90. The van der Waals surface area contributed by atoms with E-state index in [9.17, 15) is 17.6 Å². The highest BCUT2D eigenvalue weighted by molar-refractivity contribution is 7.90. The molecule has 1 amide bonds. The van der Waals surface area contributed by atoms with Crippen LogP contribution >= 0.6 is 0 Å². The number of nitrogens with zero attached hydrogens (tertiary/aromatic N) is 3. The van der Waals surface area contributed by atoms with E-state index in [1.807, 2.05) is 34.0 Å². The van der Waals surface area contributed by atoms with Crippen molar-refractivity contribution >= 4 is 26.6 Å². The lowest BCUT2D eigenvalue weighted by atomic mass is 9.86. The predicted octanol–water partition coefficient (Wildman–Crippen LogP) is 5.68. The van der Waals surface area contributed by atoms with E-state index in [0.717, 1.165) is 28.4 Å². The Morgan fingerprint density at radius 1 is 0.976 bits per heavy atom. The third-order valence-corrected chi connectivity index (χ3v) is 9.98. The van der Waals surface area contributed by atoms with Crippen LogP contribution in [0.25, 0.3) is 16.6 Å². The van der Waals surface area contributed by atoms with Crippen molar-refractivity contribution in [3.05, 3.63) is 125 Å². The van der Waals surface area contributed by atoms with Gasteiger partial charge in [0.1, 0.15) is 5.82 Å². The lowest BCUT2D eigenvalue weighted by Gasteiger charge is -2.26. The Labute approximate surface area is 238 Å². The SMILES string of the molecule is Cc1cc2c(cnn2-c2ccc(F)cc2)cc1[C@@]12CN(C(=O)c3ccccc3S(C)(=O)=O)C[C@@H]1[C@H]2c1ccccc1. The number of aryl methyl sites for hydroxylation is 1. The van der Waals surface area contributed by atoms with Crippen molar-refractivity contribution < 1.29 is 17.6 Å². The van der Waals surface area contributed by atoms with Crippen LogP contribution in [-0.2, 0) is 15.3 Å². The van der Waals surface area contributed by atoms with Crippen molar-refractivity contribution in [1.29, 1.82) is 0 Å². The Bertz CT molecular complexity index is 1940. The Morgan fingerprint density at radius 3 is 2.41 bits per heavy atom. The Balaban J connectivity index is 1.31. The Kier molecular flexibility index (Phi) is 5.70. The molecule has 5 aromatic rings. The van der Waals surface area contributed by atoms with Gasteiger partial charge in [-0.3, -0.25) is 4.79 Å². The lowest BCUT2D eigenvalue weighted by Crippen LogP contribution is -2.35. The second-order valence-corrected chi connectivity index (χ2v) is 13.2. The number of sulfone groups is 1. The third-order valence-electron chi connectivity index (χ3n) is 8.83. The number of aromatic nitrogens is 2. The minimum Gasteiger partial charge on any atom is -0.337 e. The van der Waals surface area contributed by atoms with E-state index in [0.29, 0.717) is 13.1 Å². The predicted molar refractivity (Wildman–Crippen MR) is 156 cm³/mol. The zero-order valence-electron chi connectivity index (χ0n) is 22.7. The molecule has 0 spiro atoms. The van der Waals surface area contributed by atoms with Crippen LogP contribution in [-0.4, -0.2) is 48.4 Å². The van der Waals surface area contributed by atoms with Crippen molar-refractivity contribution in [3.8, 4) is 5.69 Å². The van der Waals surface area contributed by atoms with E-state index in [2.05, 4.69) is 36.3 Å². The molecule has 41 heavy (non-hydrogen) atoms. The number of fused-ring (bicyclic) bond motifs is 2. The number of hydrogen-bond donors (Lipinski definition) is 0. The molecule has 7 rings (SSSR count). The number of hydrogen-bond acceptors (Lipinski definition) is 4. The van der Waals surface area contributed by atoms with E-state index in [1.54, 1.807) is 30.3 Å². The van der Waals surface area contributed by atoms with Gasteiger partial charge in [-0.2, -0.15) is 5.10 Å². The summed E-state index contributed by atoms with van der Waals surface area (Å²) in [5.41, 5.74) is 5.13.